The van der Waals surface area contributed by atoms with Crippen LogP contribution in [0.4, 0.5) is 0 Å². The Morgan fingerprint density at radius 3 is 2.42 bits per heavy atom. The molecule has 0 saturated carbocycles. The van der Waals surface area contributed by atoms with Crippen molar-refractivity contribution >= 4 is 35.3 Å². The molecule has 1 aromatic rings. The van der Waals surface area contributed by atoms with E-state index in [1.807, 2.05) is 0 Å². The fourth-order valence-corrected chi connectivity index (χ4v) is 1.47. The van der Waals surface area contributed by atoms with Crippen LogP contribution in [0.3, 0.4) is 0 Å². The number of nitrogens with zero attached hydrogens (tertiary/aromatic N) is 1. The van der Waals surface area contributed by atoms with Crippen LogP contribution in [-0.4, -0.2) is 36.1 Å². The molecular formula is C12H13Cl2NO4. The van der Waals surface area contributed by atoms with E-state index < -0.39 is 17.9 Å². The maximum atomic E-state index is 11.7. The summed E-state index contributed by atoms with van der Waals surface area (Å²) < 4.78 is 10.5. The Hall–Kier alpha value is -1.46. The summed E-state index contributed by atoms with van der Waals surface area (Å²) in [6.45, 7) is 1.17. The quantitative estimate of drug-likeness (QED) is 0.618. The molecule has 19 heavy (non-hydrogen) atoms. The molecule has 104 valence electrons. The van der Waals surface area contributed by atoms with Crippen LogP contribution in [0.25, 0.3) is 0 Å². The highest BCUT2D eigenvalue weighted by atomic mass is 35.5. The summed E-state index contributed by atoms with van der Waals surface area (Å²) in [6, 6.07) is 5.64. The Kier molecular flexibility index (Phi) is 5.92. The van der Waals surface area contributed by atoms with E-state index in [0.29, 0.717) is 10.8 Å². The van der Waals surface area contributed by atoms with Crippen molar-refractivity contribution in [3.05, 3.63) is 29.3 Å². The summed E-state index contributed by atoms with van der Waals surface area (Å²) in [7, 11) is 1.22. The van der Waals surface area contributed by atoms with E-state index in [2.05, 4.69) is 4.74 Å². The van der Waals surface area contributed by atoms with Gasteiger partial charge in [0.15, 0.2) is 6.61 Å². The minimum atomic E-state index is -0.881. The van der Waals surface area contributed by atoms with Crippen molar-refractivity contribution in [1.82, 2.24) is 4.42 Å². The number of esters is 1. The van der Waals surface area contributed by atoms with Crippen molar-refractivity contribution in [2.24, 2.45) is 0 Å². The summed E-state index contributed by atoms with van der Waals surface area (Å²) in [6.07, 6.45) is 0. The molecule has 1 atom stereocenters. The molecule has 0 N–H and O–H groups in total. The Morgan fingerprint density at radius 2 is 1.89 bits per heavy atom. The topological polar surface area (TPSA) is 55.8 Å². The number of methoxy groups -OCH3 is 1. The summed E-state index contributed by atoms with van der Waals surface area (Å²) >= 11 is 11.4. The first-order valence-electron chi connectivity index (χ1n) is 5.39. The van der Waals surface area contributed by atoms with Crippen LogP contribution in [0.15, 0.2) is 24.3 Å². The number of rotatable bonds is 5. The molecule has 0 aliphatic carbocycles. The highest BCUT2D eigenvalue weighted by Gasteiger charge is 2.25. The van der Waals surface area contributed by atoms with Crippen molar-refractivity contribution in [1.29, 1.82) is 0 Å². The maximum absolute atomic E-state index is 11.7. The van der Waals surface area contributed by atoms with Gasteiger partial charge in [-0.25, -0.2) is 9.21 Å². The Labute approximate surface area is 121 Å². The summed E-state index contributed by atoms with van der Waals surface area (Å²) in [5, 5.41) is 0.567. The average Bonchev–Trinajstić information content (AvgIpc) is 2.43. The molecule has 0 aliphatic rings. The van der Waals surface area contributed by atoms with E-state index in [-0.39, 0.29) is 6.61 Å². The second kappa shape index (κ2) is 7.21. The third-order valence-electron chi connectivity index (χ3n) is 2.30. The normalized spacial score (nSPS) is 11.6. The molecule has 1 amide bonds. The van der Waals surface area contributed by atoms with Crippen molar-refractivity contribution in [2.45, 2.75) is 13.0 Å². The minimum absolute atomic E-state index is 0.285. The molecule has 0 bridgehead atoms. The van der Waals surface area contributed by atoms with E-state index in [1.54, 1.807) is 24.3 Å². The molecule has 1 rings (SSSR count). The molecular weight excluding hydrogens is 293 g/mol. The largest absolute Gasteiger partial charge is 0.484 e. The predicted molar refractivity (Wildman–Crippen MR) is 71.1 cm³/mol. The molecule has 5 nitrogen and oxygen atoms in total. The summed E-state index contributed by atoms with van der Waals surface area (Å²) in [4.78, 5) is 22.9. The standard InChI is InChI=1S/C12H13Cl2NO4/c1-8(12(17)18-2)15(14)11(16)7-19-10-5-3-9(13)4-6-10/h3-6,8H,7H2,1-2H3/t8-/m0/s1. The van der Waals surface area contributed by atoms with E-state index in [9.17, 15) is 9.59 Å². The van der Waals surface area contributed by atoms with Gasteiger partial charge in [0.25, 0.3) is 5.91 Å². The van der Waals surface area contributed by atoms with E-state index in [4.69, 9.17) is 28.1 Å². The van der Waals surface area contributed by atoms with E-state index in [0.717, 1.165) is 4.42 Å². The summed E-state index contributed by atoms with van der Waals surface area (Å²) in [5.74, 6) is -0.669. The SMILES string of the molecule is COC(=O)[C@H](C)N(Cl)C(=O)COc1ccc(Cl)cc1. The lowest BCUT2D eigenvalue weighted by atomic mass is 10.3. The van der Waals surface area contributed by atoms with Crippen LogP contribution >= 0.6 is 23.4 Å². The molecule has 0 unspecified atom stereocenters. The van der Waals surface area contributed by atoms with Crippen molar-refractivity contribution in [3.8, 4) is 5.75 Å². The van der Waals surface area contributed by atoms with Crippen molar-refractivity contribution in [3.63, 3.8) is 0 Å². The number of hydrogen-bond acceptors (Lipinski definition) is 4. The number of halogens is 2. The lowest BCUT2D eigenvalue weighted by Crippen LogP contribution is -2.39. The van der Waals surface area contributed by atoms with Crippen LogP contribution in [0.1, 0.15) is 6.92 Å². The molecule has 7 heteroatoms. The highest BCUT2D eigenvalue weighted by molar-refractivity contribution is 6.30. The second-order valence-corrected chi connectivity index (χ2v) is 4.45. The number of hydrogen-bond donors (Lipinski definition) is 0. The first kappa shape index (κ1) is 15.6. The van der Waals surface area contributed by atoms with Gasteiger partial charge in [-0.3, -0.25) is 4.79 Å². The highest BCUT2D eigenvalue weighted by Crippen LogP contribution is 2.16. The van der Waals surface area contributed by atoms with Gasteiger partial charge in [-0.2, -0.15) is 0 Å². The summed E-state index contributed by atoms with van der Waals surface area (Å²) in [5.41, 5.74) is 0. The fraction of sp³-hybridized carbons (Fsp3) is 0.333. The lowest BCUT2D eigenvalue weighted by molar-refractivity contribution is -0.148. The third kappa shape index (κ3) is 4.61. The van der Waals surface area contributed by atoms with Crippen molar-refractivity contribution in [2.75, 3.05) is 13.7 Å². The van der Waals surface area contributed by atoms with Gasteiger partial charge in [-0.05, 0) is 31.2 Å². The Morgan fingerprint density at radius 1 is 1.32 bits per heavy atom. The number of ether oxygens (including phenoxy) is 2. The van der Waals surface area contributed by atoms with Crippen LogP contribution < -0.4 is 4.74 Å². The zero-order chi connectivity index (χ0) is 14.4. The van der Waals surface area contributed by atoms with E-state index in [1.165, 1.54) is 14.0 Å². The smallest absolute Gasteiger partial charge is 0.329 e. The van der Waals surface area contributed by atoms with Gasteiger partial charge in [0.05, 0.1) is 7.11 Å². The maximum Gasteiger partial charge on any atom is 0.329 e. The van der Waals surface area contributed by atoms with Crippen molar-refractivity contribution < 1.29 is 19.1 Å². The van der Waals surface area contributed by atoms with Gasteiger partial charge in [0, 0.05) is 16.8 Å². The van der Waals surface area contributed by atoms with Crippen LogP contribution in [0.5, 0.6) is 5.75 Å². The van der Waals surface area contributed by atoms with Gasteiger partial charge >= 0.3 is 5.97 Å². The first-order valence-corrected chi connectivity index (χ1v) is 6.11. The molecule has 0 radical (unpaired) electrons. The molecule has 0 fully saturated rings. The van der Waals surface area contributed by atoms with Gasteiger partial charge < -0.3 is 9.47 Å². The van der Waals surface area contributed by atoms with Gasteiger partial charge in [0.1, 0.15) is 11.8 Å². The zero-order valence-corrected chi connectivity index (χ0v) is 11.9. The molecule has 0 aliphatic heterocycles. The molecule has 0 aromatic heterocycles. The lowest BCUT2D eigenvalue weighted by Gasteiger charge is -2.19. The zero-order valence-electron chi connectivity index (χ0n) is 10.4. The fourth-order valence-electron chi connectivity index (χ4n) is 1.22. The van der Waals surface area contributed by atoms with Crippen LogP contribution in [0, 0.1) is 0 Å². The van der Waals surface area contributed by atoms with Gasteiger partial charge in [-0.15, -0.1) is 0 Å². The second-order valence-electron chi connectivity index (χ2n) is 3.65. The molecule has 0 saturated heterocycles. The Bertz CT molecular complexity index is 450. The van der Waals surface area contributed by atoms with Gasteiger partial charge in [-0.1, -0.05) is 11.6 Å². The average molecular weight is 306 g/mol. The minimum Gasteiger partial charge on any atom is -0.484 e. The number of carbonyl (C=O) groups excluding carboxylic acids is 2. The van der Waals surface area contributed by atoms with E-state index >= 15 is 0 Å². The number of amides is 1. The number of carbonyl (C=O) groups is 2. The molecule has 0 spiro atoms. The van der Waals surface area contributed by atoms with Crippen LogP contribution in [-0.2, 0) is 14.3 Å². The van der Waals surface area contributed by atoms with Crippen LogP contribution in [0.2, 0.25) is 5.02 Å². The number of benzene rings is 1. The Balaban J connectivity index is 2.51. The third-order valence-corrected chi connectivity index (χ3v) is 3.03. The first-order chi connectivity index (χ1) is 8.95. The monoisotopic (exact) mass is 305 g/mol. The predicted octanol–water partition coefficient (Wildman–Crippen LogP) is 2.26. The van der Waals surface area contributed by atoms with Gasteiger partial charge in [0.2, 0.25) is 0 Å². The molecule has 0 heterocycles. The molecule has 1 aromatic carbocycles.